The molecule has 1 saturated heterocycles. The molecule has 0 saturated carbocycles. The number of hydrogen-bond acceptors (Lipinski definition) is 3. The van der Waals surface area contributed by atoms with E-state index in [0.717, 1.165) is 50.2 Å². The van der Waals surface area contributed by atoms with Gasteiger partial charge in [-0.25, -0.2) is 4.39 Å². The molecule has 150 valence electrons. The number of hydrogen-bond donors (Lipinski definition) is 0. The molecule has 1 heterocycles. The van der Waals surface area contributed by atoms with Crippen molar-refractivity contribution in [3.63, 3.8) is 0 Å². The molecule has 1 aromatic rings. The third-order valence-electron chi connectivity index (χ3n) is 6.08. The maximum absolute atomic E-state index is 13.9. The van der Waals surface area contributed by atoms with E-state index >= 15 is 0 Å². The van der Waals surface area contributed by atoms with Crippen molar-refractivity contribution in [2.24, 2.45) is 11.8 Å². The van der Waals surface area contributed by atoms with Crippen LogP contribution in [0, 0.1) is 17.7 Å². The van der Waals surface area contributed by atoms with Gasteiger partial charge in [-0.1, -0.05) is 30.4 Å². The SMILES string of the molecule is COCCN(CC1CCN(Cc2ccccc2F)CC1)C[C@@H]1CC=CCC1. The Kier molecular flexibility index (Phi) is 8.31. The van der Waals surface area contributed by atoms with Crippen LogP contribution < -0.4 is 0 Å². The largest absolute Gasteiger partial charge is 0.383 e. The highest BCUT2D eigenvalue weighted by Gasteiger charge is 2.23. The zero-order chi connectivity index (χ0) is 18.9. The lowest BCUT2D eigenvalue weighted by Crippen LogP contribution is -2.41. The summed E-state index contributed by atoms with van der Waals surface area (Å²) in [6, 6.07) is 7.17. The molecule has 4 heteroatoms. The highest BCUT2D eigenvalue weighted by atomic mass is 19.1. The molecule has 1 fully saturated rings. The second-order valence-corrected chi connectivity index (χ2v) is 8.21. The van der Waals surface area contributed by atoms with Gasteiger partial charge in [-0.2, -0.15) is 0 Å². The molecular weight excluding hydrogens is 339 g/mol. The van der Waals surface area contributed by atoms with E-state index in [9.17, 15) is 4.39 Å². The summed E-state index contributed by atoms with van der Waals surface area (Å²) in [7, 11) is 1.79. The maximum atomic E-state index is 13.9. The third kappa shape index (κ3) is 6.70. The number of benzene rings is 1. The van der Waals surface area contributed by atoms with E-state index in [1.54, 1.807) is 19.2 Å². The van der Waals surface area contributed by atoms with E-state index in [1.807, 2.05) is 12.1 Å². The number of nitrogens with zero attached hydrogens (tertiary/aromatic N) is 2. The molecule has 0 spiro atoms. The summed E-state index contributed by atoms with van der Waals surface area (Å²) in [5.41, 5.74) is 0.822. The van der Waals surface area contributed by atoms with Gasteiger partial charge in [0.1, 0.15) is 5.82 Å². The topological polar surface area (TPSA) is 15.7 Å². The van der Waals surface area contributed by atoms with Crippen molar-refractivity contribution in [2.75, 3.05) is 46.4 Å². The third-order valence-corrected chi connectivity index (χ3v) is 6.08. The van der Waals surface area contributed by atoms with E-state index < -0.39 is 0 Å². The van der Waals surface area contributed by atoms with Gasteiger partial charge in [0, 0.05) is 38.9 Å². The Morgan fingerprint density at radius 1 is 1.07 bits per heavy atom. The lowest BCUT2D eigenvalue weighted by Gasteiger charge is -2.36. The lowest BCUT2D eigenvalue weighted by molar-refractivity contribution is 0.0987. The number of rotatable bonds is 9. The quantitative estimate of drug-likeness (QED) is 0.598. The highest BCUT2D eigenvalue weighted by Crippen LogP contribution is 2.23. The van der Waals surface area contributed by atoms with Crippen molar-refractivity contribution in [2.45, 2.75) is 38.6 Å². The fraction of sp³-hybridized carbons (Fsp3) is 0.652. The van der Waals surface area contributed by atoms with Crippen molar-refractivity contribution in [3.05, 3.63) is 47.8 Å². The summed E-state index contributed by atoms with van der Waals surface area (Å²) in [4.78, 5) is 5.03. The maximum Gasteiger partial charge on any atom is 0.127 e. The van der Waals surface area contributed by atoms with E-state index in [4.69, 9.17) is 4.74 Å². The standard InChI is InChI=1S/C23H35FN2O/c1-27-16-15-26(17-20-7-3-2-4-8-20)18-21-11-13-25(14-12-21)19-22-9-5-6-10-23(22)24/h2-3,5-6,9-10,20-21H,4,7-8,11-19H2,1H3/t20-/m1/s1. The van der Waals surface area contributed by atoms with Crippen molar-refractivity contribution in [1.29, 1.82) is 0 Å². The van der Waals surface area contributed by atoms with Gasteiger partial charge >= 0.3 is 0 Å². The zero-order valence-corrected chi connectivity index (χ0v) is 16.8. The monoisotopic (exact) mass is 374 g/mol. The van der Waals surface area contributed by atoms with Crippen LogP contribution in [0.3, 0.4) is 0 Å². The zero-order valence-electron chi connectivity index (χ0n) is 16.8. The van der Waals surface area contributed by atoms with Crippen molar-refractivity contribution in [3.8, 4) is 0 Å². The average Bonchev–Trinajstić information content (AvgIpc) is 2.70. The Morgan fingerprint density at radius 2 is 1.85 bits per heavy atom. The molecule has 0 N–H and O–H groups in total. The Morgan fingerprint density at radius 3 is 2.56 bits per heavy atom. The molecule has 0 aromatic heterocycles. The van der Waals surface area contributed by atoms with E-state index in [0.29, 0.717) is 0 Å². The first-order chi connectivity index (χ1) is 13.2. The molecule has 27 heavy (non-hydrogen) atoms. The predicted molar refractivity (Wildman–Crippen MR) is 109 cm³/mol. The van der Waals surface area contributed by atoms with Crippen molar-refractivity contribution < 1.29 is 9.13 Å². The first-order valence-corrected chi connectivity index (χ1v) is 10.6. The molecule has 1 aliphatic heterocycles. The molecular formula is C23H35FN2O. The Hall–Kier alpha value is -1.23. The Labute approximate surface area is 164 Å². The molecule has 2 aliphatic rings. The number of halogens is 1. The Bertz CT molecular complexity index is 583. The number of piperidine rings is 1. The van der Waals surface area contributed by atoms with Crippen molar-refractivity contribution >= 4 is 0 Å². The van der Waals surface area contributed by atoms with Gasteiger partial charge in [0.25, 0.3) is 0 Å². The minimum absolute atomic E-state index is 0.0769. The summed E-state index contributed by atoms with van der Waals surface area (Å²) in [5, 5.41) is 0. The summed E-state index contributed by atoms with van der Waals surface area (Å²) >= 11 is 0. The van der Waals surface area contributed by atoms with Crippen molar-refractivity contribution in [1.82, 2.24) is 9.80 Å². The van der Waals surface area contributed by atoms with Crippen LogP contribution in [0.1, 0.15) is 37.7 Å². The summed E-state index contributed by atoms with van der Waals surface area (Å²) in [5.74, 6) is 1.47. The lowest BCUT2D eigenvalue weighted by atomic mass is 9.92. The first kappa shape index (κ1) is 20.5. The molecule has 0 unspecified atom stereocenters. The Balaban J connectivity index is 1.45. The van der Waals surface area contributed by atoms with Crippen LogP contribution in [0.15, 0.2) is 36.4 Å². The van der Waals surface area contributed by atoms with Gasteiger partial charge in [-0.05, 0) is 63.1 Å². The molecule has 3 rings (SSSR count). The van der Waals surface area contributed by atoms with Crippen LogP contribution in [-0.4, -0.2) is 56.2 Å². The normalized spacial score (nSPS) is 21.8. The summed E-state index contributed by atoms with van der Waals surface area (Å²) in [6.45, 7) is 7.11. The summed E-state index contributed by atoms with van der Waals surface area (Å²) < 4.78 is 19.2. The van der Waals surface area contributed by atoms with Crippen LogP contribution in [0.5, 0.6) is 0 Å². The minimum atomic E-state index is -0.0769. The average molecular weight is 375 g/mol. The van der Waals surface area contributed by atoms with Crippen LogP contribution in [-0.2, 0) is 11.3 Å². The molecule has 0 amide bonds. The number of methoxy groups -OCH3 is 1. The van der Waals surface area contributed by atoms with Crippen LogP contribution in [0.25, 0.3) is 0 Å². The minimum Gasteiger partial charge on any atom is -0.383 e. The van der Waals surface area contributed by atoms with E-state index in [1.165, 1.54) is 45.2 Å². The highest BCUT2D eigenvalue weighted by molar-refractivity contribution is 5.17. The fourth-order valence-corrected chi connectivity index (χ4v) is 4.42. The fourth-order valence-electron chi connectivity index (χ4n) is 4.42. The predicted octanol–water partition coefficient (Wildman–Crippen LogP) is 4.34. The van der Waals surface area contributed by atoms with Gasteiger partial charge in [-0.15, -0.1) is 0 Å². The van der Waals surface area contributed by atoms with Crippen LogP contribution in [0.4, 0.5) is 4.39 Å². The molecule has 1 atom stereocenters. The van der Waals surface area contributed by atoms with Gasteiger partial charge in [0.2, 0.25) is 0 Å². The van der Waals surface area contributed by atoms with Gasteiger partial charge < -0.3 is 9.64 Å². The molecule has 0 radical (unpaired) electrons. The molecule has 1 aliphatic carbocycles. The molecule has 3 nitrogen and oxygen atoms in total. The number of allylic oxidation sites excluding steroid dienone is 2. The van der Waals surface area contributed by atoms with Gasteiger partial charge in [-0.3, -0.25) is 4.90 Å². The number of likely N-dealkylation sites (tertiary alicyclic amines) is 1. The first-order valence-electron chi connectivity index (χ1n) is 10.6. The second-order valence-electron chi connectivity index (χ2n) is 8.21. The van der Waals surface area contributed by atoms with E-state index in [2.05, 4.69) is 22.0 Å². The second kappa shape index (κ2) is 10.9. The van der Waals surface area contributed by atoms with Crippen LogP contribution >= 0.6 is 0 Å². The molecule has 0 bridgehead atoms. The van der Waals surface area contributed by atoms with Crippen LogP contribution in [0.2, 0.25) is 0 Å². The smallest absolute Gasteiger partial charge is 0.127 e. The summed E-state index contributed by atoms with van der Waals surface area (Å²) in [6.07, 6.45) is 10.9. The molecule has 1 aromatic carbocycles. The van der Waals surface area contributed by atoms with Gasteiger partial charge in [0.05, 0.1) is 6.61 Å². The number of ether oxygens (including phenoxy) is 1. The van der Waals surface area contributed by atoms with Gasteiger partial charge in [0.15, 0.2) is 0 Å². The van der Waals surface area contributed by atoms with E-state index in [-0.39, 0.29) is 5.82 Å².